The summed E-state index contributed by atoms with van der Waals surface area (Å²) in [4.78, 5) is 37.3. The second kappa shape index (κ2) is 7.51. The van der Waals surface area contributed by atoms with Crippen molar-refractivity contribution in [3.05, 3.63) is 23.7 Å². The van der Waals surface area contributed by atoms with Crippen LogP contribution in [-0.4, -0.2) is 35.5 Å². The van der Waals surface area contributed by atoms with Crippen LogP contribution in [-0.2, 0) is 16.1 Å². The van der Waals surface area contributed by atoms with E-state index >= 15 is 0 Å². The molecule has 1 N–H and O–H groups in total. The van der Waals surface area contributed by atoms with Crippen LogP contribution in [0.4, 0.5) is 4.79 Å². The number of nitrogens with zero attached hydrogens (tertiary/aromatic N) is 1. The topological polar surface area (TPSA) is 88.8 Å². The monoisotopic (exact) mass is 336 g/mol. The van der Waals surface area contributed by atoms with Gasteiger partial charge in [0.25, 0.3) is 5.91 Å². The molecule has 1 aromatic rings. The Morgan fingerprint density at radius 2 is 2.04 bits per heavy atom. The first-order valence-electron chi connectivity index (χ1n) is 8.22. The molecule has 24 heavy (non-hydrogen) atoms. The van der Waals surface area contributed by atoms with Crippen molar-refractivity contribution in [1.82, 2.24) is 10.2 Å². The summed E-state index contributed by atoms with van der Waals surface area (Å²) in [5.41, 5.74) is -0.872. The van der Waals surface area contributed by atoms with Crippen LogP contribution in [0.25, 0.3) is 0 Å². The van der Waals surface area contributed by atoms with Crippen molar-refractivity contribution >= 4 is 17.9 Å². The predicted octanol–water partition coefficient (Wildman–Crippen LogP) is 2.85. The van der Waals surface area contributed by atoms with E-state index in [2.05, 4.69) is 17.0 Å². The third-order valence-corrected chi connectivity index (χ3v) is 4.24. The molecule has 3 amide bonds. The quantitative estimate of drug-likeness (QED) is 0.448. The summed E-state index contributed by atoms with van der Waals surface area (Å²) in [7, 11) is 1.26. The number of methoxy groups -OCH3 is 1. The maximum absolute atomic E-state index is 12.6. The average molecular weight is 336 g/mol. The molecule has 0 saturated carbocycles. The van der Waals surface area contributed by atoms with Gasteiger partial charge >= 0.3 is 12.0 Å². The first kappa shape index (κ1) is 18.0. The number of imide groups is 1. The Kier molecular flexibility index (Phi) is 5.64. The zero-order valence-electron chi connectivity index (χ0n) is 14.4. The number of ether oxygens (including phenoxy) is 1. The number of furan rings is 1. The molecule has 2 heterocycles. The van der Waals surface area contributed by atoms with Crippen molar-refractivity contribution in [3.63, 3.8) is 0 Å². The van der Waals surface area contributed by atoms with Gasteiger partial charge in [-0.15, -0.1) is 0 Å². The molecule has 1 fully saturated rings. The lowest BCUT2D eigenvalue weighted by Gasteiger charge is -2.21. The summed E-state index contributed by atoms with van der Waals surface area (Å²) in [6.07, 6.45) is 4.77. The highest BCUT2D eigenvalue weighted by Crippen LogP contribution is 2.26. The van der Waals surface area contributed by atoms with Crippen LogP contribution in [0, 0.1) is 0 Å². The second-order valence-electron chi connectivity index (χ2n) is 6.22. The minimum atomic E-state index is -0.872. The van der Waals surface area contributed by atoms with Crippen LogP contribution >= 0.6 is 0 Å². The van der Waals surface area contributed by atoms with Crippen molar-refractivity contribution in [2.75, 3.05) is 7.11 Å². The maximum Gasteiger partial charge on any atom is 0.373 e. The van der Waals surface area contributed by atoms with E-state index in [1.807, 2.05) is 0 Å². The Bertz CT molecular complexity index is 624. The fourth-order valence-electron chi connectivity index (χ4n) is 2.79. The zero-order valence-corrected chi connectivity index (χ0v) is 14.4. The fourth-order valence-corrected chi connectivity index (χ4v) is 2.79. The molecule has 0 radical (unpaired) electrons. The van der Waals surface area contributed by atoms with Crippen molar-refractivity contribution < 1.29 is 23.5 Å². The fraction of sp³-hybridized carbons (Fsp3) is 0.588. The highest BCUT2D eigenvalue weighted by Gasteiger charge is 2.47. The number of esters is 1. The Balaban J connectivity index is 2.01. The molecule has 0 spiro atoms. The molecule has 2 rings (SSSR count). The molecule has 0 bridgehead atoms. The summed E-state index contributed by atoms with van der Waals surface area (Å²) in [5, 5.41) is 2.77. The number of rotatable bonds is 8. The normalized spacial score (nSPS) is 20.4. The summed E-state index contributed by atoms with van der Waals surface area (Å²) < 4.78 is 9.89. The number of amides is 3. The molecule has 1 saturated heterocycles. The summed E-state index contributed by atoms with van der Waals surface area (Å²) >= 11 is 0. The molecular formula is C17H24N2O5. The minimum Gasteiger partial charge on any atom is -0.463 e. The van der Waals surface area contributed by atoms with E-state index in [0.717, 1.165) is 30.6 Å². The Labute approximate surface area is 141 Å². The molecule has 7 heteroatoms. The van der Waals surface area contributed by atoms with E-state index in [9.17, 15) is 14.4 Å². The summed E-state index contributed by atoms with van der Waals surface area (Å²) in [6.45, 7) is 3.87. The first-order chi connectivity index (χ1) is 11.4. The van der Waals surface area contributed by atoms with Gasteiger partial charge in [-0.3, -0.25) is 9.69 Å². The predicted molar refractivity (Wildman–Crippen MR) is 86.3 cm³/mol. The van der Waals surface area contributed by atoms with E-state index in [1.165, 1.54) is 13.2 Å². The van der Waals surface area contributed by atoms with E-state index in [0.29, 0.717) is 12.2 Å². The highest BCUT2D eigenvalue weighted by molar-refractivity contribution is 6.06. The van der Waals surface area contributed by atoms with Gasteiger partial charge in [-0.1, -0.05) is 32.6 Å². The van der Waals surface area contributed by atoms with Gasteiger partial charge < -0.3 is 14.5 Å². The van der Waals surface area contributed by atoms with Gasteiger partial charge in [-0.05, 0) is 25.5 Å². The van der Waals surface area contributed by atoms with Crippen LogP contribution in [0.1, 0.15) is 62.3 Å². The van der Waals surface area contributed by atoms with E-state index in [4.69, 9.17) is 4.42 Å². The number of urea groups is 1. The lowest BCUT2D eigenvalue weighted by Crippen LogP contribution is -2.43. The zero-order chi connectivity index (χ0) is 17.7. The van der Waals surface area contributed by atoms with Gasteiger partial charge in [-0.2, -0.15) is 0 Å². The molecule has 1 aromatic heterocycles. The van der Waals surface area contributed by atoms with Crippen molar-refractivity contribution in [1.29, 1.82) is 0 Å². The molecule has 0 aromatic carbocycles. The molecular weight excluding hydrogens is 312 g/mol. The van der Waals surface area contributed by atoms with E-state index in [-0.39, 0.29) is 18.2 Å². The van der Waals surface area contributed by atoms with Gasteiger partial charge in [0.1, 0.15) is 11.3 Å². The van der Waals surface area contributed by atoms with E-state index < -0.39 is 17.5 Å². The minimum absolute atomic E-state index is 0.00773. The maximum atomic E-state index is 12.6. The molecule has 0 aliphatic carbocycles. The SMILES string of the molecule is CCCCCCC1(C)NC(=O)N(Cc2ccc(C(=O)OC)o2)C1=O. The Hall–Kier alpha value is -2.31. The lowest BCUT2D eigenvalue weighted by atomic mass is 9.94. The van der Waals surface area contributed by atoms with Crippen LogP contribution in [0.5, 0.6) is 0 Å². The number of unbranched alkanes of at least 4 members (excludes halogenated alkanes) is 3. The number of nitrogens with one attached hydrogen (secondary N) is 1. The molecule has 1 atom stereocenters. The van der Waals surface area contributed by atoms with Gasteiger partial charge in [0, 0.05) is 0 Å². The number of carbonyl (C=O) groups excluding carboxylic acids is 3. The van der Waals surface area contributed by atoms with Crippen molar-refractivity contribution in [2.24, 2.45) is 0 Å². The largest absolute Gasteiger partial charge is 0.463 e. The van der Waals surface area contributed by atoms with Gasteiger partial charge in [0.15, 0.2) is 0 Å². The number of hydrogen-bond acceptors (Lipinski definition) is 5. The Morgan fingerprint density at radius 3 is 2.71 bits per heavy atom. The summed E-state index contributed by atoms with van der Waals surface area (Å²) in [6, 6.07) is 2.59. The van der Waals surface area contributed by atoms with Gasteiger partial charge in [0.2, 0.25) is 5.76 Å². The van der Waals surface area contributed by atoms with E-state index in [1.54, 1.807) is 13.0 Å². The van der Waals surface area contributed by atoms with Crippen LogP contribution in [0.15, 0.2) is 16.5 Å². The van der Waals surface area contributed by atoms with Crippen LogP contribution in [0.3, 0.4) is 0 Å². The van der Waals surface area contributed by atoms with Gasteiger partial charge in [-0.25, -0.2) is 9.59 Å². The van der Waals surface area contributed by atoms with Crippen molar-refractivity contribution in [2.45, 2.75) is 58.0 Å². The van der Waals surface area contributed by atoms with Crippen molar-refractivity contribution in [3.8, 4) is 0 Å². The van der Waals surface area contributed by atoms with Crippen LogP contribution < -0.4 is 5.32 Å². The van der Waals surface area contributed by atoms with Gasteiger partial charge in [0.05, 0.1) is 13.7 Å². The number of hydrogen-bond donors (Lipinski definition) is 1. The number of carbonyl (C=O) groups is 3. The average Bonchev–Trinajstić information content (AvgIpc) is 3.10. The smallest absolute Gasteiger partial charge is 0.373 e. The summed E-state index contributed by atoms with van der Waals surface area (Å²) in [5.74, 6) is -0.463. The third-order valence-electron chi connectivity index (χ3n) is 4.24. The Morgan fingerprint density at radius 1 is 1.29 bits per heavy atom. The molecule has 1 aliphatic heterocycles. The second-order valence-corrected chi connectivity index (χ2v) is 6.22. The molecule has 7 nitrogen and oxygen atoms in total. The molecule has 1 aliphatic rings. The standard InChI is InChI=1S/C17H24N2O5/c1-4-5-6-7-10-17(2)15(21)19(16(22)18-17)11-12-8-9-13(24-12)14(20)23-3/h8-9H,4-7,10-11H2,1-3H3,(H,18,22). The molecule has 1 unspecified atom stereocenters. The molecule has 132 valence electrons. The van der Waals surface area contributed by atoms with Crippen LogP contribution in [0.2, 0.25) is 0 Å². The lowest BCUT2D eigenvalue weighted by molar-refractivity contribution is -0.131. The third kappa shape index (κ3) is 3.77. The highest BCUT2D eigenvalue weighted by atomic mass is 16.5. The first-order valence-corrected chi connectivity index (χ1v) is 8.22.